The van der Waals surface area contributed by atoms with Crippen molar-refractivity contribution in [1.82, 2.24) is 20.4 Å². The number of thiocarbonyl (C=S) groups is 1. The van der Waals surface area contributed by atoms with Gasteiger partial charge in [0.05, 0.1) is 25.8 Å². The average molecular weight is 483 g/mol. The van der Waals surface area contributed by atoms with Gasteiger partial charge in [-0.05, 0) is 61.5 Å². The lowest BCUT2D eigenvalue weighted by Crippen LogP contribution is -2.46. The summed E-state index contributed by atoms with van der Waals surface area (Å²) in [5.74, 6) is 1.59. The highest BCUT2D eigenvalue weighted by Crippen LogP contribution is 2.38. The highest BCUT2D eigenvalue weighted by atomic mass is 32.1. The predicted octanol–water partition coefficient (Wildman–Crippen LogP) is 5.36. The molecule has 34 heavy (non-hydrogen) atoms. The zero-order valence-corrected chi connectivity index (χ0v) is 20.4. The lowest BCUT2D eigenvalue weighted by atomic mass is 9.94. The third-order valence-corrected chi connectivity index (χ3v) is 6.15. The average Bonchev–Trinajstić information content (AvgIpc) is 3.33. The Morgan fingerprint density at radius 3 is 2.65 bits per heavy atom. The minimum absolute atomic E-state index is 0.327. The number of ether oxygens (including phenoxy) is 2. The van der Waals surface area contributed by atoms with Gasteiger partial charge in [-0.25, -0.2) is 4.39 Å². The summed E-state index contributed by atoms with van der Waals surface area (Å²) in [6.45, 7) is 4.86. The van der Waals surface area contributed by atoms with Crippen LogP contribution in [-0.4, -0.2) is 40.9 Å². The number of rotatable bonds is 8. The first kappa shape index (κ1) is 23.7. The zero-order chi connectivity index (χ0) is 24.2. The van der Waals surface area contributed by atoms with E-state index < -0.39 is 6.04 Å². The summed E-state index contributed by atoms with van der Waals surface area (Å²) < 4.78 is 30.5. The van der Waals surface area contributed by atoms with Gasteiger partial charge in [0.25, 0.3) is 5.89 Å². The first-order valence-electron chi connectivity index (χ1n) is 11.1. The van der Waals surface area contributed by atoms with Crippen LogP contribution in [0.3, 0.4) is 0 Å². The number of unbranched alkanes of at least 4 members (excludes halogenated alkanes) is 1. The van der Waals surface area contributed by atoms with Crippen molar-refractivity contribution in [3.05, 3.63) is 65.4 Å². The maximum absolute atomic E-state index is 14.1. The molecule has 1 unspecified atom stereocenters. The van der Waals surface area contributed by atoms with Gasteiger partial charge in [-0.15, -0.1) is 0 Å². The number of nitrogens with one attached hydrogen (secondary N) is 1. The summed E-state index contributed by atoms with van der Waals surface area (Å²) >= 11 is 5.66. The van der Waals surface area contributed by atoms with E-state index >= 15 is 0 Å². The van der Waals surface area contributed by atoms with Crippen molar-refractivity contribution in [2.45, 2.75) is 32.7 Å². The third-order valence-electron chi connectivity index (χ3n) is 5.81. The number of nitrogens with zero attached hydrogens (tertiary/aromatic N) is 3. The van der Waals surface area contributed by atoms with Crippen molar-refractivity contribution in [3.63, 3.8) is 0 Å². The summed E-state index contributed by atoms with van der Waals surface area (Å²) in [5.41, 5.74) is 3.09. The van der Waals surface area contributed by atoms with Crippen LogP contribution in [0.4, 0.5) is 4.39 Å². The summed E-state index contributed by atoms with van der Waals surface area (Å²) in [6, 6.07) is 11.4. The number of hydrogen-bond donors (Lipinski definition) is 1. The molecule has 1 aromatic heterocycles. The van der Waals surface area contributed by atoms with Gasteiger partial charge in [0.1, 0.15) is 5.82 Å². The van der Waals surface area contributed by atoms with Gasteiger partial charge >= 0.3 is 0 Å². The summed E-state index contributed by atoms with van der Waals surface area (Å²) in [6.07, 6.45) is 2.00. The van der Waals surface area contributed by atoms with Crippen molar-refractivity contribution < 1.29 is 18.4 Å². The molecule has 2 heterocycles. The van der Waals surface area contributed by atoms with Gasteiger partial charge in [0.15, 0.2) is 16.6 Å². The molecule has 0 amide bonds. The van der Waals surface area contributed by atoms with Crippen molar-refractivity contribution in [3.8, 4) is 22.9 Å². The van der Waals surface area contributed by atoms with Gasteiger partial charge < -0.3 is 24.2 Å². The Bertz CT molecular complexity index is 1230. The van der Waals surface area contributed by atoms with E-state index in [1.807, 2.05) is 24.0 Å². The second-order valence-electron chi connectivity index (χ2n) is 7.93. The Hall–Kier alpha value is -3.46. The third kappa shape index (κ3) is 4.61. The Labute approximate surface area is 203 Å². The molecule has 9 heteroatoms. The molecule has 7 nitrogen and oxygen atoms in total. The minimum Gasteiger partial charge on any atom is -0.493 e. The second kappa shape index (κ2) is 10.2. The Balaban J connectivity index is 1.79. The number of methoxy groups -OCH3 is 2. The molecule has 178 valence electrons. The Kier molecular flexibility index (Phi) is 7.12. The molecule has 1 atom stereocenters. The highest BCUT2D eigenvalue weighted by Gasteiger charge is 2.34. The van der Waals surface area contributed by atoms with E-state index in [2.05, 4.69) is 22.4 Å². The molecule has 4 rings (SSSR count). The van der Waals surface area contributed by atoms with Crippen LogP contribution in [0.2, 0.25) is 0 Å². The van der Waals surface area contributed by atoms with E-state index in [4.69, 9.17) is 26.2 Å². The molecular weight excluding hydrogens is 455 g/mol. The quantitative estimate of drug-likeness (QED) is 0.431. The van der Waals surface area contributed by atoms with Gasteiger partial charge in [-0.2, -0.15) is 4.98 Å². The first-order valence-corrected chi connectivity index (χ1v) is 11.5. The first-order chi connectivity index (χ1) is 16.5. The number of halogens is 1. The molecule has 2 aromatic carbocycles. The van der Waals surface area contributed by atoms with Crippen LogP contribution < -0.4 is 14.8 Å². The molecule has 0 saturated heterocycles. The fraction of sp³-hybridized carbons (Fsp3) is 0.320. The molecule has 0 radical (unpaired) electrons. The fourth-order valence-electron chi connectivity index (χ4n) is 4.01. The molecule has 0 spiro atoms. The smallest absolute Gasteiger partial charge is 0.258 e. The van der Waals surface area contributed by atoms with Crippen molar-refractivity contribution in [2.75, 3.05) is 20.8 Å². The lowest BCUT2D eigenvalue weighted by molar-refractivity contribution is 0.355. The lowest BCUT2D eigenvalue weighted by Gasteiger charge is -2.37. The number of benzene rings is 2. The van der Waals surface area contributed by atoms with Crippen LogP contribution >= 0.6 is 12.2 Å². The highest BCUT2D eigenvalue weighted by molar-refractivity contribution is 7.80. The number of hydrogen-bond acceptors (Lipinski definition) is 6. The van der Waals surface area contributed by atoms with Crippen LogP contribution in [-0.2, 0) is 0 Å². The van der Waals surface area contributed by atoms with E-state index in [9.17, 15) is 4.39 Å². The van der Waals surface area contributed by atoms with Gasteiger partial charge in [-0.1, -0.05) is 30.6 Å². The van der Waals surface area contributed by atoms with Crippen LogP contribution in [0.5, 0.6) is 11.5 Å². The Morgan fingerprint density at radius 1 is 1.15 bits per heavy atom. The van der Waals surface area contributed by atoms with Crippen molar-refractivity contribution in [1.29, 1.82) is 0 Å². The maximum Gasteiger partial charge on any atom is 0.258 e. The molecular formula is C25H27FN4O3S. The Morgan fingerprint density at radius 2 is 1.94 bits per heavy atom. The summed E-state index contributed by atoms with van der Waals surface area (Å²) in [4.78, 5) is 6.72. The topological polar surface area (TPSA) is 72.7 Å². The SMILES string of the molecule is CCCCN1C(=S)NC(c2cccc(F)c2)C(c2nc(-c3ccc(OC)c(OC)c3)no2)=C1C. The van der Waals surface area contributed by atoms with E-state index in [-0.39, 0.29) is 5.82 Å². The van der Waals surface area contributed by atoms with Gasteiger partial charge in [0.2, 0.25) is 5.82 Å². The van der Waals surface area contributed by atoms with E-state index in [0.29, 0.717) is 28.3 Å². The zero-order valence-electron chi connectivity index (χ0n) is 19.6. The van der Waals surface area contributed by atoms with Crippen molar-refractivity contribution in [2.24, 2.45) is 0 Å². The largest absolute Gasteiger partial charge is 0.493 e. The minimum atomic E-state index is -0.431. The van der Waals surface area contributed by atoms with Gasteiger partial charge in [-0.3, -0.25) is 0 Å². The van der Waals surface area contributed by atoms with Crippen LogP contribution in [0, 0.1) is 5.82 Å². The van der Waals surface area contributed by atoms with E-state index in [1.54, 1.807) is 32.4 Å². The maximum atomic E-state index is 14.1. The number of allylic oxidation sites excluding steroid dienone is 1. The number of aromatic nitrogens is 2. The van der Waals surface area contributed by atoms with Gasteiger partial charge in [0, 0.05) is 17.8 Å². The summed E-state index contributed by atoms with van der Waals surface area (Å²) in [5, 5.41) is 8.14. The molecule has 0 saturated carbocycles. The van der Waals surface area contributed by atoms with Crippen LogP contribution in [0.15, 0.2) is 52.7 Å². The van der Waals surface area contributed by atoms with Crippen LogP contribution in [0.1, 0.15) is 44.2 Å². The van der Waals surface area contributed by atoms with Crippen LogP contribution in [0.25, 0.3) is 17.0 Å². The molecule has 3 aromatic rings. The van der Waals surface area contributed by atoms with E-state index in [0.717, 1.165) is 41.8 Å². The molecule has 1 aliphatic rings. The second-order valence-corrected chi connectivity index (χ2v) is 8.32. The van der Waals surface area contributed by atoms with E-state index in [1.165, 1.54) is 12.1 Å². The molecule has 1 N–H and O–H groups in total. The predicted molar refractivity (Wildman–Crippen MR) is 132 cm³/mol. The summed E-state index contributed by atoms with van der Waals surface area (Å²) in [7, 11) is 3.15. The molecule has 0 fully saturated rings. The monoisotopic (exact) mass is 482 g/mol. The fourth-order valence-corrected chi connectivity index (χ4v) is 4.35. The molecule has 0 aliphatic carbocycles. The van der Waals surface area contributed by atoms with Crippen molar-refractivity contribution >= 4 is 22.9 Å². The molecule has 0 bridgehead atoms. The molecule has 1 aliphatic heterocycles. The normalized spacial score (nSPS) is 16.0. The standard InChI is InChI=1S/C25H27FN4O3S/c1-5-6-12-30-15(2)21(22(27-25(30)34)16-8-7-9-18(26)13-16)24-28-23(29-33-24)17-10-11-19(31-3)20(14-17)32-4/h7-11,13-14,22H,5-6,12H2,1-4H3,(H,27,34).